The fourth-order valence-electron chi connectivity index (χ4n) is 1.80. The highest BCUT2D eigenvalue weighted by Crippen LogP contribution is 2.29. The number of anilines is 2. The van der Waals surface area contributed by atoms with Gasteiger partial charge in [-0.05, 0) is 13.0 Å². The normalized spacial score (nSPS) is 10.6. The van der Waals surface area contributed by atoms with Crippen molar-refractivity contribution >= 4 is 39.2 Å². The number of amides is 1. The quantitative estimate of drug-likeness (QED) is 0.881. The molecule has 0 aromatic carbocycles. The number of nitrogens with one attached hydrogen (secondary N) is 2. The minimum atomic E-state index is 0.0955. The van der Waals surface area contributed by atoms with Crippen LogP contribution in [0.1, 0.15) is 11.3 Å². The minimum Gasteiger partial charge on any atom is -0.369 e. The van der Waals surface area contributed by atoms with E-state index in [0.29, 0.717) is 18.9 Å². The minimum absolute atomic E-state index is 0.0955. The van der Waals surface area contributed by atoms with Gasteiger partial charge in [0.1, 0.15) is 10.6 Å². The molecule has 6 nitrogen and oxygen atoms in total. The average Bonchev–Trinajstić information content (AvgIpc) is 2.78. The summed E-state index contributed by atoms with van der Waals surface area (Å²) in [7, 11) is 5.31. The third-order valence-corrected chi connectivity index (χ3v) is 3.81. The van der Waals surface area contributed by atoms with Crippen molar-refractivity contribution in [2.24, 2.45) is 0 Å². The molecule has 7 heteroatoms. The van der Waals surface area contributed by atoms with Crippen LogP contribution >= 0.6 is 11.3 Å². The van der Waals surface area contributed by atoms with E-state index in [1.54, 1.807) is 37.4 Å². The van der Waals surface area contributed by atoms with Gasteiger partial charge in [0.15, 0.2) is 0 Å². The summed E-state index contributed by atoms with van der Waals surface area (Å²) in [5, 5.41) is 7.19. The maximum absolute atomic E-state index is 11.6. The lowest BCUT2D eigenvalue weighted by molar-refractivity contribution is -0.128. The maximum atomic E-state index is 11.6. The van der Waals surface area contributed by atoms with E-state index in [1.807, 2.05) is 6.92 Å². The molecule has 0 atom stereocenters. The van der Waals surface area contributed by atoms with Crippen LogP contribution in [0.5, 0.6) is 0 Å². The zero-order chi connectivity index (χ0) is 14.7. The number of fused-ring (bicyclic) bond motifs is 1. The summed E-state index contributed by atoms with van der Waals surface area (Å²) in [4.78, 5) is 24.1. The second-order valence-electron chi connectivity index (χ2n) is 4.69. The van der Waals surface area contributed by atoms with Crippen LogP contribution < -0.4 is 10.6 Å². The van der Waals surface area contributed by atoms with Gasteiger partial charge < -0.3 is 15.5 Å². The van der Waals surface area contributed by atoms with Crippen LogP contribution in [0.25, 0.3) is 10.2 Å². The third-order valence-electron chi connectivity index (χ3n) is 2.87. The largest absolute Gasteiger partial charge is 0.369 e. The Morgan fingerprint density at radius 1 is 1.40 bits per heavy atom. The Labute approximate surface area is 122 Å². The molecule has 0 aliphatic heterocycles. The molecule has 0 saturated heterocycles. The molecule has 2 aromatic heterocycles. The number of thiophene rings is 1. The number of carbonyl (C=O) groups excluding carboxylic acids is 1. The first-order chi connectivity index (χ1) is 9.51. The number of hydrogen-bond acceptors (Lipinski definition) is 6. The Hall–Kier alpha value is -1.89. The molecule has 0 fully saturated rings. The zero-order valence-electron chi connectivity index (χ0n) is 12.1. The van der Waals surface area contributed by atoms with Crippen LogP contribution in [0.15, 0.2) is 6.07 Å². The van der Waals surface area contributed by atoms with Gasteiger partial charge >= 0.3 is 0 Å². The van der Waals surface area contributed by atoms with E-state index in [-0.39, 0.29) is 5.91 Å². The highest BCUT2D eigenvalue weighted by atomic mass is 32.1. The van der Waals surface area contributed by atoms with E-state index >= 15 is 0 Å². The summed E-state index contributed by atoms with van der Waals surface area (Å²) < 4.78 is 0. The van der Waals surface area contributed by atoms with Gasteiger partial charge in [0.05, 0.1) is 5.39 Å². The molecule has 0 spiro atoms. The smallest absolute Gasteiger partial charge is 0.225 e. The van der Waals surface area contributed by atoms with Crippen LogP contribution in [-0.4, -0.2) is 48.5 Å². The van der Waals surface area contributed by atoms with E-state index in [1.165, 1.54) is 4.88 Å². The average molecular weight is 293 g/mol. The Kier molecular flexibility index (Phi) is 4.39. The molecule has 0 aliphatic carbocycles. The van der Waals surface area contributed by atoms with Gasteiger partial charge in [0, 0.05) is 39.0 Å². The topological polar surface area (TPSA) is 70.2 Å². The number of rotatable bonds is 5. The van der Waals surface area contributed by atoms with Crippen molar-refractivity contribution in [3.05, 3.63) is 10.9 Å². The van der Waals surface area contributed by atoms with Gasteiger partial charge in [0.2, 0.25) is 11.9 Å². The summed E-state index contributed by atoms with van der Waals surface area (Å²) in [6.45, 7) is 2.60. The Bertz CT molecular complexity index is 622. The first-order valence-electron chi connectivity index (χ1n) is 6.41. The summed E-state index contributed by atoms with van der Waals surface area (Å²) in [6, 6.07) is 2.07. The molecule has 2 rings (SSSR count). The third kappa shape index (κ3) is 3.16. The summed E-state index contributed by atoms with van der Waals surface area (Å²) in [5.74, 6) is 1.45. The molecule has 0 radical (unpaired) electrons. The SMILES string of the molecule is CNc1nc(NCCC(=O)N(C)C)c2cc(C)sc2n1. The monoisotopic (exact) mass is 293 g/mol. The van der Waals surface area contributed by atoms with E-state index < -0.39 is 0 Å². The van der Waals surface area contributed by atoms with E-state index in [0.717, 1.165) is 16.0 Å². The van der Waals surface area contributed by atoms with Gasteiger partial charge in [-0.25, -0.2) is 4.98 Å². The molecule has 0 bridgehead atoms. The zero-order valence-corrected chi connectivity index (χ0v) is 13.0. The van der Waals surface area contributed by atoms with Crippen molar-refractivity contribution in [1.82, 2.24) is 14.9 Å². The van der Waals surface area contributed by atoms with Crippen molar-refractivity contribution in [3.8, 4) is 0 Å². The number of hydrogen-bond donors (Lipinski definition) is 2. The Morgan fingerprint density at radius 3 is 2.80 bits per heavy atom. The van der Waals surface area contributed by atoms with Crippen molar-refractivity contribution in [2.45, 2.75) is 13.3 Å². The number of nitrogens with zero attached hydrogens (tertiary/aromatic N) is 3. The summed E-state index contributed by atoms with van der Waals surface area (Å²) in [6.07, 6.45) is 0.441. The van der Waals surface area contributed by atoms with Crippen LogP contribution in [0.4, 0.5) is 11.8 Å². The number of aryl methyl sites for hydroxylation is 1. The molecule has 1 amide bonds. The van der Waals surface area contributed by atoms with Gasteiger partial charge in [0.25, 0.3) is 0 Å². The molecule has 0 aliphatic rings. The fraction of sp³-hybridized carbons (Fsp3) is 0.462. The van der Waals surface area contributed by atoms with Crippen LogP contribution in [0.3, 0.4) is 0 Å². The van der Waals surface area contributed by atoms with Gasteiger partial charge in [-0.15, -0.1) is 11.3 Å². The number of aromatic nitrogens is 2. The van der Waals surface area contributed by atoms with Crippen molar-refractivity contribution in [3.63, 3.8) is 0 Å². The van der Waals surface area contributed by atoms with Crippen molar-refractivity contribution < 1.29 is 4.79 Å². The lowest BCUT2D eigenvalue weighted by atomic mass is 10.3. The highest BCUT2D eigenvalue weighted by molar-refractivity contribution is 7.18. The molecule has 2 N–H and O–H groups in total. The van der Waals surface area contributed by atoms with E-state index in [2.05, 4.69) is 26.7 Å². The first-order valence-corrected chi connectivity index (χ1v) is 7.23. The molecule has 0 saturated carbocycles. The van der Waals surface area contributed by atoms with Crippen molar-refractivity contribution in [1.29, 1.82) is 0 Å². The standard InChI is InChI=1S/C13H19N5OS/c1-8-7-9-11(15-6-5-10(19)18(3)4)16-13(14-2)17-12(9)20-8/h7H,5-6H2,1-4H3,(H2,14,15,16,17). The van der Waals surface area contributed by atoms with E-state index in [9.17, 15) is 4.79 Å². The van der Waals surface area contributed by atoms with Crippen molar-refractivity contribution in [2.75, 3.05) is 38.3 Å². The van der Waals surface area contributed by atoms with Crippen LogP contribution in [-0.2, 0) is 4.79 Å². The van der Waals surface area contributed by atoms with Gasteiger partial charge in [-0.3, -0.25) is 4.79 Å². The summed E-state index contributed by atoms with van der Waals surface area (Å²) in [5.41, 5.74) is 0. The molecule has 2 aromatic rings. The van der Waals surface area contributed by atoms with Crippen LogP contribution in [0.2, 0.25) is 0 Å². The predicted octanol–water partition coefficient (Wildman–Crippen LogP) is 1.93. The predicted molar refractivity (Wildman–Crippen MR) is 83.5 cm³/mol. The Balaban J connectivity index is 2.17. The fourth-order valence-corrected chi connectivity index (χ4v) is 2.68. The first kappa shape index (κ1) is 14.5. The van der Waals surface area contributed by atoms with Crippen LogP contribution in [0, 0.1) is 6.92 Å². The molecule has 2 heterocycles. The lowest BCUT2D eigenvalue weighted by Gasteiger charge is -2.11. The molecular formula is C13H19N5OS. The van der Waals surface area contributed by atoms with Gasteiger partial charge in [-0.1, -0.05) is 0 Å². The molecular weight excluding hydrogens is 274 g/mol. The molecule has 108 valence electrons. The van der Waals surface area contributed by atoms with E-state index in [4.69, 9.17) is 0 Å². The second kappa shape index (κ2) is 6.04. The second-order valence-corrected chi connectivity index (χ2v) is 5.92. The summed E-state index contributed by atoms with van der Waals surface area (Å²) >= 11 is 1.63. The molecule has 20 heavy (non-hydrogen) atoms. The lowest BCUT2D eigenvalue weighted by Crippen LogP contribution is -2.24. The number of carbonyl (C=O) groups is 1. The Morgan fingerprint density at radius 2 is 2.15 bits per heavy atom. The highest BCUT2D eigenvalue weighted by Gasteiger charge is 2.10. The van der Waals surface area contributed by atoms with Gasteiger partial charge in [-0.2, -0.15) is 4.98 Å². The maximum Gasteiger partial charge on any atom is 0.225 e. The molecule has 0 unspecified atom stereocenters.